The first kappa shape index (κ1) is 12.4. The highest BCUT2D eigenvalue weighted by Gasteiger charge is 2.25. The Morgan fingerprint density at radius 2 is 2.07 bits per heavy atom. The third-order valence-electron chi connectivity index (χ3n) is 1.91. The fraction of sp³-hybridized carbons (Fsp3) is 0.700. The molecular formula is C10H18N2O2S. The summed E-state index contributed by atoms with van der Waals surface area (Å²) < 4.78 is 5.07. The van der Waals surface area contributed by atoms with Gasteiger partial charge in [0.1, 0.15) is 0 Å². The van der Waals surface area contributed by atoms with E-state index in [0.29, 0.717) is 6.61 Å². The van der Waals surface area contributed by atoms with Crippen molar-refractivity contribution in [3.63, 3.8) is 0 Å². The molecule has 1 aromatic rings. The molecule has 1 heterocycles. The standard InChI is InChI=1S/C10H18N2O2S/c1-10(2,13)8-7(6-14-5)11-9(15-8)12(3)4/h13H,6H2,1-5H3. The summed E-state index contributed by atoms with van der Waals surface area (Å²) in [4.78, 5) is 7.22. The lowest BCUT2D eigenvalue weighted by Crippen LogP contribution is -2.16. The summed E-state index contributed by atoms with van der Waals surface area (Å²) in [6.45, 7) is 3.96. The van der Waals surface area contributed by atoms with Crippen LogP contribution >= 0.6 is 11.3 Å². The first-order valence-corrected chi connectivity index (χ1v) is 5.56. The number of methoxy groups -OCH3 is 1. The van der Waals surface area contributed by atoms with Gasteiger partial charge in [0.2, 0.25) is 0 Å². The molecule has 0 aromatic carbocycles. The predicted octanol–water partition coefficient (Wildman–Crippen LogP) is 1.58. The van der Waals surface area contributed by atoms with Crippen molar-refractivity contribution in [1.82, 2.24) is 4.98 Å². The molecule has 0 amide bonds. The van der Waals surface area contributed by atoms with Gasteiger partial charge in [0.05, 0.1) is 22.8 Å². The summed E-state index contributed by atoms with van der Waals surface area (Å²) in [5, 5.41) is 10.9. The van der Waals surface area contributed by atoms with E-state index >= 15 is 0 Å². The minimum atomic E-state index is -0.861. The molecule has 0 bridgehead atoms. The molecule has 0 fully saturated rings. The Hall–Kier alpha value is -0.650. The number of anilines is 1. The molecule has 15 heavy (non-hydrogen) atoms. The Balaban J connectivity index is 3.12. The molecule has 1 N–H and O–H groups in total. The molecule has 1 aromatic heterocycles. The summed E-state index contributed by atoms with van der Waals surface area (Å²) in [5.41, 5.74) is -0.0431. The average molecular weight is 230 g/mol. The van der Waals surface area contributed by atoms with Crippen LogP contribution in [-0.2, 0) is 16.9 Å². The van der Waals surface area contributed by atoms with Gasteiger partial charge >= 0.3 is 0 Å². The van der Waals surface area contributed by atoms with Crippen LogP contribution in [0.1, 0.15) is 24.4 Å². The molecule has 0 radical (unpaired) electrons. The van der Waals surface area contributed by atoms with Gasteiger partial charge in [-0.25, -0.2) is 4.98 Å². The summed E-state index contributed by atoms with van der Waals surface area (Å²) >= 11 is 1.50. The Morgan fingerprint density at radius 1 is 1.47 bits per heavy atom. The normalized spacial score (nSPS) is 11.9. The van der Waals surface area contributed by atoms with E-state index in [1.54, 1.807) is 21.0 Å². The van der Waals surface area contributed by atoms with Crippen LogP contribution in [0.2, 0.25) is 0 Å². The summed E-state index contributed by atoms with van der Waals surface area (Å²) in [5.74, 6) is 0. The largest absolute Gasteiger partial charge is 0.385 e. The highest BCUT2D eigenvalue weighted by molar-refractivity contribution is 7.15. The maximum absolute atomic E-state index is 9.99. The first-order chi connectivity index (χ1) is 6.86. The molecule has 0 saturated heterocycles. The molecule has 0 spiro atoms. The van der Waals surface area contributed by atoms with Crippen LogP contribution in [0.4, 0.5) is 5.13 Å². The van der Waals surface area contributed by atoms with Gasteiger partial charge in [0.15, 0.2) is 5.13 Å². The van der Waals surface area contributed by atoms with Gasteiger partial charge in [0, 0.05) is 21.2 Å². The lowest BCUT2D eigenvalue weighted by molar-refractivity contribution is 0.0782. The monoisotopic (exact) mass is 230 g/mol. The van der Waals surface area contributed by atoms with Crippen LogP contribution in [0.3, 0.4) is 0 Å². The summed E-state index contributed by atoms with van der Waals surface area (Å²) in [6, 6.07) is 0. The Labute approximate surface area is 94.5 Å². The van der Waals surface area contributed by atoms with Crippen LogP contribution in [0.5, 0.6) is 0 Å². The summed E-state index contributed by atoms with van der Waals surface area (Å²) in [7, 11) is 5.50. The zero-order chi connectivity index (χ0) is 11.6. The van der Waals surface area contributed by atoms with Gasteiger partial charge in [-0.05, 0) is 13.8 Å². The summed E-state index contributed by atoms with van der Waals surface area (Å²) in [6.07, 6.45) is 0. The second-order valence-corrected chi connectivity index (χ2v) is 5.14. The third kappa shape index (κ3) is 2.90. The van der Waals surface area contributed by atoms with Gasteiger partial charge in [-0.3, -0.25) is 0 Å². The maximum atomic E-state index is 9.99. The smallest absolute Gasteiger partial charge is 0.185 e. The number of ether oxygens (including phenoxy) is 1. The second kappa shape index (κ2) is 4.47. The van der Waals surface area contributed by atoms with Crippen LogP contribution in [0.25, 0.3) is 0 Å². The lowest BCUT2D eigenvalue weighted by atomic mass is 10.1. The van der Waals surface area contributed by atoms with Crippen molar-refractivity contribution < 1.29 is 9.84 Å². The Morgan fingerprint density at radius 3 is 2.47 bits per heavy atom. The van der Waals surface area contributed by atoms with E-state index in [0.717, 1.165) is 15.7 Å². The molecule has 1 rings (SSSR count). The SMILES string of the molecule is COCc1nc(N(C)C)sc1C(C)(C)O. The molecule has 0 atom stereocenters. The van der Waals surface area contributed by atoms with Crippen molar-refractivity contribution in [1.29, 1.82) is 0 Å². The van der Waals surface area contributed by atoms with Crippen LogP contribution < -0.4 is 4.90 Å². The van der Waals surface area contributed by atoms with Crippen molar-refractivity contribution in [2.45, 2.75) is 26.1 Å². The number of nitrogens with zero attached hydrogens (tertiary/aromatic N) is 2. The third-order valence-corrected chi connectivity index (χ3v) is 3.48. The van der Waals surface area contributed by atoms with E-state index < -0.39 is 5.60 Å². The molecule has 86 valence electrons. The molecule has 4 nitrogen and oxygen atoms in total. The van der Waals surface area contributed by atoms with Gasteiger partial charge in [-0.15, -0.1) is 0 Å². The number of hydrogen-bond acceptors (Lipinski definition) is 5. The van der Waals surface area contributed by atoms with E-state index in [1.165, 1.54) is 11.3 Å². The van der Waals surface area contributed by atoms with Crippen LogP contribution in [-0.4, -0.2) is 31.3 Å². The van der Waals surface area contributed by atoms with Gasteiger partial charge in [-0.2, -0.15) is 0 Å². The average Bonchev–Trinajstić information content (AvgIpc) is 2.48. The molecule has 0 saturated carbocycles. The van der Waals surface area contributed by atoms with E-state index in [2.05, 4.69) is 4.98 Å². The van der Waals surface area contributed by atoms with Crippen molar-refractivity contribution in [3.05, 3.63) is 10.6 Å². The Bertz CT molecular complexity index is 329. The minimum Gasteiger partial charge on any atom is -0.385 e. The quantitative estimate of drug-likeness (QED) is 0.853. The Kier molecular flexibility index (Phi) is 3.70. The zero-order valence-corrected chi connectivity index (χ0v) is 10.7. The van der Waals surface area contributed by atoms with Crippen molar-refractivity contribution >= 4 is 16.5 Å². The molecule has 0 aliphatic rings. The van der Waals surface area contributed by atoms with E-state index in [4.69, 9.17) is 4.74 Å². The number of thiazole rings is 1. The van der Waals surface area contributed by atoms with Crippen molar-refractivity contribution in [2.24, 2.45) is 0 Å². The molecule has 0 aliphatic carbocycles. The van der Waals surface area contributed by atoms with Gasteiger partial charge in [-0.1, -0.05) is 11.3 Å². The second-order valence-electron chi connectivity index (χ2n) is 4.16. The van der Waals surface area contributed by atoms with Gasteiger partial charge < -0.3 is 14.7 Å². The number of hydrogen-bond donors (Lipinski definition) is 1. The molecular weight excluding hydrogens is 212 g/mol. The fourth-order valence-electron chi connectivity index (χ4n) is 1.24. The maximum Gasteiger partial charge on any atom is 0.185 e. The van der Waals surface area contributed by atoms with E-state index in [1.807, 2.05) is 19.0 Å². The van der Waals surface area contributed by atoms with Crippen molar-refractivity contribution in [2.75, 3.05) is 26.1 Å². The van der Waals surface area contributed by atoms with Crippen LogP contribution in [0.15, 0.2) is 0 Å². The van der Waals surface area contributed by atoms with Gasteiger partial charge in [0.25, 0.3) is 0 Å². The van der Waals surface area contributed by atoms with Crippen molar-refractivity contribution in [3.8, 4) is 0 Å². The minimum absolute atomic E-state index is 0.434. The number of aliphatic hydroxyl groups is 1. The number of aromatic nitrogens is 1. The predicted molar refractivity (Wildman–Crippen MR) is 62.4 cm³/mol. The first-order valence-electron chi connectivity index (χ1n) is 4.75. The molecule has 5 heteroatoms. The topological polar surface area (TPSA) is 45.6 Å². The fourth-order valence-corrected chi connectivity index (χ4v) is 2.24. The number of rotatable bonds is 4. The van der Waals surface area contributed by atoms with Crippen LogP contribution in [0, 0.1) is 0 Å². The highest BCUT2D eigenvalue weighted by atomic mass is 32.1. The zero-order valence-electron chi connectivity index (χ0n) is 9.87. The molecule has 0 unspecified atom stereocenters. The lowest BCUT2D eigenvalue weighted by Gasteiger charge is -2.16. The molecule has 0 aliphatic heterocycles. The highest BCUT2D eigenvalue weighted by Crippen LogP contribution is 2.33. The van der Waals surface area contributed by atoms with E-state index in [-0.39, 0.29) is 0 Å². The van der Waals surface area contributed by atoms with E-state index in [9.17, 15) is 5.11 Å².